The number of carbonyl (C=O) groups is 1. The molecule has 5 nitrogen and oxygen atoms in total. The first-order chi connectivity index (χ1) is 6.74. The van der Waals surface area contributed by atoms with Crippen molar-refractivity contribution in [3.8, 4) is 0 Å². The average Bonchev–Trinajstić information content (AvgIpc) is 2.45. The van der Waals surface area contributed by atoms with Crippen LogP contribution in [0, 0.1) is 0 Å². The summed E-state index contributed by atoms with van der Waals surface area (Å²) in [5.41, 5.74) is 0. The minimum atomic E-state index is -0.432. The lowest BCUT2D eigenvalue weighted by Gasteiger charge is -2.17. The molecule has 1 aliphatic rings. The van der Waals surface area contributed by atoms with Crippen LogP contribution >= 0.6 is 0 Å². The van der Waals surface area contributed by atoms with Crippen LogP contribution < -0.4 is 5.32 Å². The zero-order chi connectivity index (χ0) is 10.4. The molecular formula is C9H17NO4. The first kappa shape index (κ1) is 11.4. The second kappa shape index (κ2) is 5.95. The van der Waals surface area contributed by atoms with Gasteiger partial charge in [0.05, 0.1) is 32.5 Å². The molecule has 82 valence electrons. The van der Waals surface area contributed by atoms with E-state index >= 15 is 0 Å². The Morgan fingerprint density at radius 2 is 2.00 bits per heavy atom. The van der Waals surface area contributed by atoms with E-state index in [0.29, 0.717) is 26.4 Å². The number of ether oxygens (including phenoxy) is 3. The highest BCUT2D eigenvalue weighted by Gasteiger charge is 2.18. The van der Waals surface area contributed by atoms with Crippen molar-refractivity contribution in [1.82, 2.24) is 5.32 Å². The Morgan fingerprint density at radius 1 is 1.43 bits per heavy atom. The number of methoxy groups -OCH3 is 1. The van der Waals surface area contributed by atoms with E-state index in [1.807, 2.05) is 0 Å². The largest absolute Gasteiger partial charge is 0.377 e. The Kier molecular flexibility index (Phi) is 4.86. The second-order valence-electron chi connectivity index (χ2n) is 3.23. The van der Waals surface area contributed by atoms with Crippen molar-refractivity contribution in [2.24, 2.45) is 0 Å². The number of carbonyl (C=O) groups excluding carboxylic acids is 1. The smallest absolute Gasteiger partial charge is 0.249 e. The fourth-order valence-corrected chi connectivity index (χ4v) is 1.13. The topological polar surface area (TPSA) is 56.8 Å². The molecule has 0 radical (unpaired) electrons. The van der Waals surface area contributed by atoms with E-state index in [1.54, 1.807) is 6.92 Å². The van der Waals surface area contributed by atoms with Gasteiger partial charge in [0.2, 0.25) is 5.91 Å². The van der Waals surface area contributed by atoms with E-state index in [0.717, 1.165) is 0 Å². The zero-order valence-corrected chi connectivity index (χ0v) is 8.62. The predicted molar refractivity (Wildman–Crippen MR) is 50.0 cm³/mol. The maximum Gasteiger partial charge on any atom is 0.249 e. The molecule has 1 unspecified atom stereocenters. The zero-order valence-electron chi connectivity index (χ0n) is 8.62. The first-order valence-electron chi connectivity index (χ1n) is 4.72. The van der Waals surface area contributed by atoms with Crippen LogP contribution in [0.3, 0.4) is 0 Å². The second-order valence-corrected chi connectivity index (χ2v) is 3.23. The van der Waals surface area contributed by atoms with E-state index < -0.39 is 6.10 Å². The summed E-state index contributed by atoms with van der Waals surface area (Å²) in [5.74, 6) is -0.133. The van der Waals surface area contributed by atoms with Gasteiger partial charge in [-0.25, -0.2) is 0 Å². The lowest BCUT2D eigenvalue weighted by atomic mass is 10.3. The molecule has 0 spiro atoms. The Bertz CT molecular complexity index is 178. The summed E-state index contributed by atoms with van der Waals surface area (Å²) in [6, 6.07) is -0.0670. The molecule has 1 amide bonds. The average molecular weight is 203 g/mol. The van der Waals surface area contributed by atoms with Gasteiger partial charge in [0.1, 0.15) is 6.10 Å². The molecular weight excluding hydrogens is 186 g/mol. The van der Waals surface area contributed by atoms with Crippen LogP contribution in [0.1, 0.15) is 6.92 Å². The summed E-state index contributed by atoms with van der Waals surface area (Å²) in [6.45, 7) is 3.89. The minimum Gasteiger partial charge on any atom is -0.377 e. The van der Waals surface area contributed by atoms with Crippen LogP contribution in [0.5, 0.6) is 0 Å². The van der Waals surface area contributed by atoms with Gasteiger partial charge in [-0.2, -0.15) is 0 Å². The predicted octanol–water partition coefficient (Wildman–Crippen LogP) is -0.447. The Morgan fingerprint density at radius 3 is 2.50 bits per heavy atom. The molecule has 5 heteroatoms. The Hall–Kier alpha value is -0.650. The van der Waals surface area contributed by atoms with E-state index in [9.17, 15) is 4.79 Å². The normalized spacial score (nSPS) is 21.3. The van der Waals surface area contributed by atoms with E-state index in [4.69, 9.17) is 14.2 Å². The molecule has 0 bridgehead atoms. The summed E-state index contributed by atoms with van der Waals surface area (Å²) in [7, 11) is 1.50. The van der Waals surface area contributed by atoms with Gasteiger partial charge in [0, 0.05) is 7.11 Å². The molecule has 1 heterocycles. The highest BCUT2D eigenvalue weighted by Crippen LogP contribution is 1.96. The van der Waals surface area contributed by atoms with Gasteiger partial charge < -0.3 is 19.5 Å². The minimum absolute atomic E-state index is 0.0670. The summed E-state index contributed by atoms with van der Waals surface area (Å²) >= 11 is 0. The van der Waals surface area contributed by atoms with Crippen LogP contribution in [-0.2, 0) is 19.0 Å². The van der Waals surface area contributed by atoms with E-state index in [1.165, 1.54) is 7.11 Å². The van der Waals surface area contributed by atoms with Gasteiger partial charge in [-0.3, -0.25) is 4.79 Å². The number of hydrogen-bond donors (Lipinski definition) is 1. The maximum absolute atomic E-state index is 11.4. The SMILES string of the molecule is COC(C)C(=O)NC1COCCOC1. The van der Waals surface area contributed by atoms with Crippen LogP contribution in [0.25, 0.3) is 0 Å². The summed E-state index contributed by atoms with van der Waals surface area (Å²) in [5, 5.41) is 2.80. The van der Waals surface area contributed by atoms with Crippen LogP contribution in [0.15, 0.2) is 0 Å². The molecule has 1 fully saturated rings. The lowest BCUT2D eigenvalue weighted by molar-refractivity contribution is -0.131. The van der Waals surface area contributed by atoms with Gasteiger partial charge in [0.25, 0.3) is 0 Å². The molecule has 0 aliphatic carbocycles. The van der Waals surface area contributed by atoms with Gasteiger partial charge in [-0.15, -0.1) is 0 Å². The first-order valence-corrected chi connectivity index (χ1v) is 4.72. The Balaban J connectivity index is 2.30. The van der Waals surface area contributed by atoms with Crippen molar-refractivity contribution < 1.29 is 19.0 Å². The number of rotatable bonds is 3. The van der Waals surface area contributed by atoms with Crippen molar-refractivity contribution in [1.29, 1.82) is 0 Å². The van der Waals surface area contributed by atoms with Gasteiger partial charge in [-0.05, 0) is 6.92 Å². The third kappa shape index (κ3) is 3.61. The molecule has 14 heavy (non-hydrogen) atoms. The van der Waals surface area contributed by atoms with Crippen molar-refractivity contribution in [2.45, 2.75) is 19.1 Å². The third-order valence-electron chi connectivity index (χ3n) is 2.08. The molecule has 1 rings (SSSR count). The molecule has 0 aromatic heterocycles. The third-order valence-corrected chi connectivity index (χ3v) is 2.08. The Labute approximate surface area is 83.7 Å². The van der Waals surface area contributed by atoms with Crippen molar-refractivity contribution in [3.63, 3.8) is 0 Å². The van der Waals surface area contributed by atoms with Crippen molar-refractivity contribution in [2.75, 3.05) is 33.5 Å². The van der Waals surface area contributed by atoms with Crippen LogP contribution in [-0.4, -0.2) is 51.6 Å². The molecule has 0 aromatic rings. The van der Waals surface area contributed by atoms with E-state index in [2.05, 4.69) is 5.32 Å². The highest BCUT2D eigenvalue weighted by atomic mass is 16.5. The van der Waals surface area contributed by atoms with Gasteiger partial charge in [-0.1, -0.05) is 0 Å². The van der Waals surface area contributed by atoms with Crippen molar-refractivity contribution >= 4 is 5.91 Å². The maximum atomic E-state index is 11.4. The molecule has 1 atom stereocenters. The molecule has 1 N–H and O–H groups in total. The van der Waals surface area contributed by atoms with Crippen LogP contribution in [0.2, 0.25) is 0 Å². The number of hydrogen-bond acceptors (Lipinski definition) is 4. The van der Waals surface area contributed by atoms with E-state index in [-0.39, 0.29) is 11.9 Å². The highest BCUT2D eigenvalue weighted by molar-refractivity contribution is 5.80. The molecule has 1 aliphatic heterocycles. The molecule has 0 aromatic carbocycles. The fourth-order valence-electron chi connectivity index (χ4n) is 1.13. The molecule has 1 saturated heterocycles. The number of amides is 1. The summed E-state index contributed by atoms with van der Waals surface area (Å²) < 4.78 is 15.4. The summed E-state index contributed by atoms with van der Waals surface area (Å²) in [4.78, 5) is 11.4. The lowest BCUT2D eigenvalue weighted by Crippen LogP contribution is -2.45. The quantitative estimate of drug-likeness (QED) is 0.675. The van der Waals surface area contributed by atoms with Gasteiger partial charge in [0.15, 0.2) is 0 Å². The standard InChI is InChI=1S/C9H17NO4/c1-7(12-2)9(11)10-8-5-13-3-4-14-6-8/h7-8H,3-6H2,1-2H3,(H,10,11). The van der Waals surface area contributed by atoms with Crippen molar-refractivity contribution in [3.05, 3.63) is 0 Å². The summed E-state index contributed by atoms with van der Waals surface area (Å²) in [6.07, 6.45) is -0.432. The molecule has 0 saturated carbocycles. The number of nitrogens with one attached hydrogen (secondary N) is 1. The fraction of sp³-hybridized carbons (Fsp3) is 0.889. The van der Waals surface area contributed by atoms with Gasteiger partial charge >= 0.3 is 0 Å². The monoisotopic (exact) mass is 203 g/mol. The van der Waals surface area contributed by atoms with Crippen LogP contribution in [0.4, 0.5) is 0 Å².